The summed E-state index contributed by atoms with van der Waals surface area (Å²) in [5, 5.41) is 0. The first-order valence-electron chi connectivity index (χ1n) is 7.23. The Morgan fingerprint density at radius 2 is 1.59 bits per heavy atom. The van der Waals surface area contributed by atoms with E-state index in [0.29, 0.717) is 5.90 Å². The molecule has 4 heteroatoms. The van der Waals surface area contributed by atoms with Crippen molar-refractivity contribution in [1.82, 2.24) is 4.90 Å². The number of nitrogens with zero attached hydrogens (tertiary/aromatic N) is 2. The molecule has 0 N–H and O–H groups in total. The Bertz CT molecular complexity index is 681. The van der Waals surface area contributed by atoms with Crippen molar-refractivity contribution in [2.45, 2.75) is 12.1 Å². The van der Waals surface area contributed by atoms with Gasteiger partial charge in [0.2, 0.25) is 5.90 Å². The Hall–Kier alpha value is -2.62. The minimum Gasteiger partial charge on any atom is -0.466 e. The quantitative estimate of drug-likeness (QED) is 0.873. The van der Waals surface area contributed by atoms with Gasteiger partial charge in [0.05, 0.1) is 0 Å². The molecule has 3 rings (SSSR count). The van der Waals surface area contributed by atoms with Crippen molar-refractivity contribution < 1.29 is 9.53 Å². The van der Waals surface area contributed by atoms with E-state index < -0.39 is 6.04 Å². The van der Waals surface area contributed by atoms with Crippen LogP contribution >= 0.6 is 0 Å². The van der Waals surface area contributed by atoms with Gasteiger partial charge < -0.3 is 9.64 Å². The number of amides is 1. The highest BCUT2D eigenvalue weighted by Gasteiger charge is 2.38. The van der Waals surface area contributed by atoms with Gasteiger partial charge in [-0.25, -0.2) is 4.99 Å². The highest BCUT2D eigenvalue weighted by Crippen LogP contribution is 2.31. The van der Waals surface area contributed by atoms with Crippen LogP contribution in [0.15, 0.2) is 65.7 Å². The molecule has 112 valence electrons. The number of benzene rings is 2. The minimum atomic E-state index is -0.549. The van der Waals surface area contributed by atoms with Crippen molar-refractivity contribution >= 4 is 11.8 Å². The van der Waals surface area contributed by atoms with Crippen LogP contribution in [0.3, 0.4) is 0 Å². The van der Waals surface area contributed by atoms with E-state index in [1.807, 2.05) is 60.7 Å². The molecule has 2 aromatic carbocycles. The first kappa shape index (κ1) is 14.3. The van der Waals surface area contributed by atoms with Gasteiger partial charge in [0.15, 0.2) is 12.1 Å². The lowest BCUT2D eigenvalue weighted by Crippen LogP contribution is -2.35. The summed E-state index contributed by atoms with van der Waals surface area (Å²) in [5.74, 6) is 0.467. The van der Waals surface area contributed by atoms with E-state index >= 15 is 0 Å². The molecule has 0 aliphatic carbocycles. The van der Waals surface area contributed by atoms with Crippen LogP contribution in [0.4, 0.5) is 0 Å². The molecular weight excluding hydrogens is 276 g/mol. The Labute approximate surface area is 130 Å². The van der Waals surface area contributed by atoms with Crippen LogP contribution in [0, 0.1) is 0 Å². The standard InChI is InChI=1S/C18H18N2O2/c1-20(2)18(21)15-16(13-9-5-3-6-10-13)22-17(19-15)14-11-7-4-8-12-14/h3-12,15-16H,1-2H3. The Balaban J connectivity index is 1.96. The summed E-state index contributed by atoms with van der Waals surface area (Å²) >= 11 is 0. The van der Waals surface area contributed by atoms with E-state index in [9.17, 15) is 4.79 Å². The maximum Gasteiger partial charge on any atom is 0.251 e. The average molecular weight is 294 g/mol. The van der Waals surface area contributed by atoms with Crippen LogP contribution in [0.1, 0.15) is 17.2 Å². The Kier molecular flexibility index (Phi) is 3.92. The monoisotopic (exact) mass is 294 g/mol. The molecule has 1 aliphatic heterocycles. The lowest BCUT2D eigenvalue weighted by atomic mass is 10.0. The maximum absolute atomic E-state index is 12.4. The van der Waals surface area contributed by atoms with E-state index in [0.717, 1.165) is 11.1 Å². The number of ether oxygens (including phenoxy) is 1. The van der Waals surface area contributed by atoms with Gasteiger partial charge >= 0.3 is 0 Å². The van der Waals surface area contributed by atoms with Crippen LogP contribution in [-0.4, -0.2) is 36.8 Å². The maximum atomic E-state index is 12.4. The molecule has 2 unspecified atom stereocenters. The number of hydrogen-bond acceptors (Lipinski definition) is 3. The lowest BCUT2D eigenvalue weighted by Gasteiger charge is -2.20. The molecule has 0 bridgehead atoms. The third-order valence-electron chi connectivity index (χ3n) is 3.62. The van der Waals surface area contributed by atoms with Crippen molar-refractivity contribution in [2.24, 2.45) is 4.99 Å². The zero-order valence-corrected chi connectivity index (χ0v) is 12.6. The van der Waals surface area contributed by atoms with Crippen LogP contribution in [0.2, 0.25) is 0 Å². The van der Waals surface area contributed by atoms with Crippen molar-refractivity contribution in [3.8, 4) is 0 Å². The minimum absolute atomic E-state index is 0.0558. The molecule has 0 saturated carbocycles. The van der Waals surface area contributed by atoms with Gasteiger partial charge in [-0.15, -0.1) is 0 Å². The molecule has 0 aromatic heterocycles. The highest BCUT2D eigenvalue weighted by atomic mass is 16.5. The second-order valence-electron chi connectivity index (χ2n) is 5.43. The first-order chi connectivity index (χ1) is 10.7. The topological polar surface area (TPSA) is 41.9 Å². The van der Waals surface area contributed by atoms with E-state index in [1.54, 1.807) is 19.0 Å². The number of likely N-dealkylation sites (N-methyl/N-ethyl adjacent to an activating group) is 1. The second kappa shape index (κ2) is 6.02. The fourth-order valence-electron chi connectivity index (χ4n) is 2.47. The van der Waals surface area contributed by atoms with Crippen molar-refractivity contribution in [2.75, 3.05) is 14.1 Å². The van der Waals surface area contributed by atoms with E-state index in [1.165, 1.54) is 0 Å². The van der Waals surface area contributed by atoms with Gasteiger partial charge in [0.25, 0.3) is 5.91 Å². The predicted octanol–water partition coefficient (Wildman–Crippen LogP) is 2.66. The van der Waals surface area contributed by atoms with E-state index in [2.05, 4.69) is 4.99 Å². The fraction of sp³-hybridized carbons (Fsp3) is 0.222. The number of carbonyl (C=O) groups is 1. The second-order valence-corrected chi connectivity index (χ2v) is 5.43. The van der Waals surface area contributed by atoms with E-state index in [4.69, 9.17) is 4.74 Å². The van der Waals surface area contributed by atoms with Gasteiger partial charge in [-0.3, -0.25) is 4.79 Å². The van der Waals surface area contributed by atoms with Crippen LogP contribution < -0.4 is 0 Å². The van der Waals surface area contributed by atoms with Crippen LogP contribution in [-0.2, 0) is 9.53 Å². The highest BCUT2D eigenvalue weighted by molar-refractivity contribution is 5.98. The summed E-state index contributed by atoms with van der Waals surface area (Å²) in [6.45, 7) is 0. The molecule has 1 amide bonds. The van der Waals surface area contributed by atoms with Gasteiger partial charge in [-0.05, 0) is 17.7 Å². The molecule has 22 heavy (non-hydrogen) atoms. The Morgan fingerprint density at radius 3 is 2.18 bits per heavy atom. The van der Waals surface area contributed by atoms with Crippen LogP contribution in [0.25, 0.3) is 0 Å². The molecule has 0 radical (unpaired) electrons. The zero-order valence-electron chi connectivity index (χ0n) is 12.6. The number of carbonyl (C=O) groups excluding carboxylic acids is 1. The normalized spacial score (nSPS) is 20.2. The lowest BCUT2D eigenvalue weighted by molar-refractivity contribution is -0.131. The summed E-state index contributed by atoms with van der Waals surface area (Å²) in [5.41, 5.74) is 1.84. The summed E-state index contributed by atoms with van der Waals surface area (Å²) in [4.78, 5) is 18.5. The summed E-state index contributed by atoms with van der Waals surface area (Å²) < 4.78 is 6.02. The number of hydrogen-bond donors (Lipinski definition) is 0. The molecule has 0 saturated heterocycles. The molecule has 0 fully saturated rings. The summed E-state index contributed by atoms with van der Waals surface area (Å²) in [6, 6.07) is 18.9. The summed E-state index contributed by atoms with van der Waals surface area (Å²) in [6.07, 6.45) is -0.383. The zero-order chi connectivity index (χ0) is 15.5. The van der Waals surface area contributed by atoms with Crippen molar-refractivity contribution in [3.63, 3.8) is 0 Å². The Morgan fingerprint density at radius 1 is 1.00 bits per heavy atom. The molecule has 0 spiro atoms. The predicted molar refractivity (Wildman–Crippen MR) is 85.7 cm³/mol. The van der Waals surface area contributed by atoms with Gasteiger partial charge in [-0.2, -0.15) is 0 Å². The third-order valence-corrected chi connectivity index (χ3v) is 3.62. The van der Waals surface area contributed by atoms with Gasteiger partial charge in [0.1, 0.15) is 0 Å². The third kappa shape index (κ3) is 2.72. The molecule has 1 aliphatic rings. The smallest absolute Gasteiger partial charge is 0.251 e. The van der Waals surface area contributed by atoms with E-state index in [-0.39, 0.29) is 12.0 Å². The molecule has 4 nitrogen and oxygen atoms in total. The van der Waals surface area contributed by atoms with Crippen LogP contribution in [0.5, 0.6) is 0 Å². The average Bonchev–Trinajstić information content (AvgIpc) is 3.01. The molecule has 2 aromatic rings. The molecular formula is C18H18N2O2. The summed E-state index contributed by atoms with van der Waals surface area (Å²) in [7, 11) is 3.47. The fourth-order valence-corrected chi connectivity index (χ4v) is 2.47. The SMILES string of the molecule is CN(C)C(=O)C1N=C(c2ccccc2)OC1c1ccccc1. The van der Waals surface area contributed by atoms with Crippen molar-refractivity contribution in [3.05, 3.63) is 71.8 Å². The number of rotatable bonds is 3. The van der Waals surface area contributed by atoms with Gasteiger partial charge in [-0.1, -0.05) is 48.5 Å². The van der Waals surface area contributed by atoms with Crippen molar-refractivity contribution in [1.29, 1.82) is 0 Å². The number of aliphatic imine (C=N–C) groups is 1. The molecule has 1 heterocycles. The first-order valence-corrected chi connectivity index (χ1v) is 7.23. The largest absolute Gasteiger partial charge is 0.466 e. The molecule has 2 atom stereocenters. The van der Waals surface area contributed by atoms with Gasteiger partial charge in [0, 0.05) is 19.7 Å².